The van der Waals surface area contributed by atoms with Crippen LogP contribution >= 0.6 is 11.6 Å². The standard InChI is InChI=1S/C12H13ClN2O3/c13-12-8-5-7(11(18)10(17)3-4-16)1-2-9(8)14-6-15-12/h1-2,5-6,10-11,16-18H,3-4H2. The number of halogens is 1. The van der Waals surface area contributed by atoms with E-state index < -0.39 is 12.2 Å². The van der Waals surface area contributed by atoms with Gasteiger partial charge in [0.25, 0.3) is 0 Å². The Kier molecular flexibility index (Phi) is 4.08. The second-order valence-corrected chi connectivity index (χ2v) is 4.32. The van der Waals surface area contributed by atoms with Crippen molar-refractivity contribution < 1.29 is 15.3 Å². The molecule has 1 aromatic carbocycles. The zero-order valence-electron chi connectivity index (χ0n) is 9.49. The number of aliphatic hydroxyl groups excluding tert-OH is 3. The van der Waals surface area contributed by atoms with E-state index in [1.807, 2.05) is 0 Å². The van der Waals surface area contributed by atoms with Gasteiger partial charge < -0.3 is 15.3 Å². The van der Waals surface area contributed by atoms with Crippen LogP contribution in [0.25, 0.3) is 10.9 Å². The molecule has 2 atom stereocenters. The van der Waals surface area contributed by atoms with Crippen LogP contribution in [0.5, 0.6) is 0 Å². The van der Waals surface area contributed by atoms with Gasteiger partial charge in [-0.3, -0.25) is 0 Å². The zero-order valence-corrected chi connectivity index (χ0v) is 10.2. The highest BCUT2D eigenvalue weighted by molar-refractivity contribution is 6.34. The van der Waals surface area contributed by atoms with Crippen LogP contribution in [0.2, 0.25) is 5.15 Å². The van der Waals surface area contributed by atoms with Crippen molar-refractivity contribution in [3.05, 3.63) is 35.2 Å². The van der Waals surface area contributed by atoms with E-state index in [0.29, 0.717) is 21.6 Å². The Hall–Kier alpha value is -1.27. The van der Waals surface area contributed by atoms with Gasteiger partial charge in [-0.15, -0.1) is 0 Å². The van der Waals surface area contributed by atoms with Crippen molar-refractivity contribution in [1.82, 2.24) is 9.97 Å². The van der Waals surface area contributed by atoms with Crippen molar-refractivity contribution in [1.29, 1.82) is 0 Å². The Morgan fingerprint density at radius 3 is 2.72 bits per heavy atom. The van der Waals surface area contributed by atoms with Gasteiger partial charge in [0.2, 0.25) is 0 Å². The molecule has 0 aliphatic carbocycles. The fraction of sp³-hybridized carbons (Fsp3) is 0.333. The Morgan fingerprint density at radius 2 is 2.00 bits per heavy atom. The van der Waals surface area contributed by atoms with E-state index in [1.54, 1.807) is 18.2 Å². The number of hydrogen-bond donors (Lipinski definition) is 3. The molecule has 0 spiro atoms. The van der Waals surface area contributed by atoms with Gasteiger partial charge in [0.15, 0.2) is 0 Å². The van der Waals surface area contributed by atoms with Crippen molar-refractivity contribution in [3.8, 4) is 0 Å². The van der Waals surface area contributed by atoms with Gasteiger partial charge in [0, 0.05) is 12.0 Å². The SMILES string of the molecule is OCCC(O)C(O)c1ccc2ncnc(Cl)c2c1. The first-order valence-corrected chi connectivity index (χ1v) is 5.88. The normalized spacial score (nSPS) is 14.7. The molecule has 1 heterocycles. The van der Waals surface area contributed by atoms with Crippen LogP contribution < -0.4 is 0 Å². The lowest BCUT2D eigenvalue weighted by molar-refractivity contribution is 0.00428. The number of aliphatic hydroxyl groups is 3. The molecule has 0 radical (unpaired) electrons. The molecular weight excluding hydrogens is 256 g/mol. The number of hydrogen-bond acceptors (Lipinski definition) is 5. The molecule has 0 aliphatic rings. The van der Waals surface area contributed by atoms with E-state index in [0.717, 1.165) is 0 Å². The first kappa shape index (κ1) is 13.2. The Balaban J connectivity index is 2.37. The molecular formula is C12H13ClN2O3. The lowest BCUT2D eigenvalue weighted by atomic mass is 10.0. The number of aromatic nitrogens is 2. The molecule has 0 saturated carbocycles. The van der Waals surface area contributed by atoms with Crippen LogP contribution in [0.15, 0.2) is 24.5 Å². The predicted octanol–water partition coefficient (Wildman–Crippen LogP) is 1.06. The third-order valence-corrected chi connectivity index (χ3v) is 3.04. The fourth-order valence-corrected chi connectivity index (χ4v) is 1.93. The van der Waals surface area contributed by atoms with Crippen molar-refractivity contribution >= 4 is 22.5 Å². The van der Waals surface area contributed by atoms with Gasteiger partial charge in [0.1, 0.15) is 17.6 Å². The molecule has 0 saturated heterocycles. The minimum Gasteiger partial charge on any atom is -0.396 e. The molecule has 0 aliphatic heterocycles. The average molecular weight is 269 g/mol. The zero-order chi connectivity index (χ0) is 13.1. The highest BCUT2D eigenvalue weighted by Gasteiger charge is 2.18. The van der Waals surface area contributed by atoms with Crippen LogP contribution in [0, 0.1) is 0 Å². The van der Waals surface area contributed by atoms with E-state index in [9.17, 15) is 10.2 Å². The monoisotopic (exact) mass is 268 g/mol. The van der Waals surface area contributed by atoms with Gasteiger partial charge in [0.05, 0.1) is 11.6 Å². The molecule has 2 unspecified atom stereocenters. The number of fused-ring (bicyclic) bond motifs is 1. The highest BCUT2D eigenvalue weighted by Crippen LogP contribution is 2.25. The van der Waals surface area contributed by atoms with Crippen LogP contribution in [0.4, 0.5) is 0 Å². The molecule has 0 bridgehead atoms. The van der Waals surface area contributed by atoms with E-state index in [1.165, 1.54) is 6.33 Å². The first-order chi connectivity index (χ1) is 8.63. The minimum atomic E-state index is -1.07. The molecule has 18 heavy (non-hydrogen) atoms. The van der Waals surface area contributed by atoms with E-state index >= 15 is 0 Å². The summed E-state index contributed by atoms with van der Waals surface area (Å²) < 4.78 is 0. The van der Waals surface area contributed by atoms with E-state index in [4.69, 9.17) is 16.7 Å². The molecule has 2 rings (SSSR count). The predicted molar refractivity (Wildman–Crippen MR) is 67.2 cm³/mol. The van der Waals surface area contributed by atoms with Crippen molar-refractivity contribution in [2.45, 2.75) is 18.6 Å². The molecule has 0 amide bonds. The summed E-state index contributed by atoms with van der Waals surface area (Å²) >= 11 is 5.94. The molecule has 1 aromatic heterocycles. The van der Waals surface area contributed by atoms with Crippen LogP contribution in [0.3, 0.4) is 0 Å². The molecule has 5 nitrogen and oxygen atoms in total. The minimum absolute atomic E-state index is 0.109. The molecule has 0 fully saturated rings. The van der Waals surface area contributed by atoms with Gasteiger partial charge in [-0.05, 0) is 24.1 Å². The average Bonchev–Trinajstić information content (AvgIpc) is 2.38. The Labute approximate surface area is 109 Å². The van der Waals surface area contributed by atoms with Crippen molar-refractivity contribution in [2.75, 3.05) is 6.61 Å². The van der Waals surface area contributed by atoms with Gasteiger partial charge in [-0.1, -0.05) is 17.7 Å². The molecule has 96 valence electrons. The maximum absolute atomic E-state index is 9.93. The van der Waals surface area contributed by atoms with E-state index in [-0.39, 0.29) is 13.0 Å². The van der Waals surface area contributed by atoms with Crippen molar-refractivity contribution in [3.63, 3.8) is 0 Å². The number of benzene rings is 1. The largest absolute Gasteiger partial charge is 0.396 e. The summed E-state index contributed by atoms with van der Waals surface area (Å²) in [6.45, 7) is -0.185. The molecule has 2 aromatic rings. The molecule has 3 N–H and O–H groups in total. The van der Waals surface area contributed by atoms with Gasteiger partial charge >= 0.3 is 0 Å². The van der Waals surface area contributed by atoms with Crippen LogP contribution in [0.1, 0.15) is 18.1 Å². The summed E-state index contributed by atoms with van der Waals surface area (Å²) in [7, 11) is 0. The second kappa shape index (κ2) is 5.58. The lowest BCUT2D eigenvalue weighted by Crippen LogP contribution is -2.19. The smallest absolute Gasteiger partial charge is 0.140 e. The number of rotatable bonds is 4. The molecule has 6 heteroatoms. The summed E-state index contributed by atoms with van der Waals surface area (Å²) in [5, 5.41) is 29.2. The van der Waals surface area contributed by atoms with Gasteiger partial charge in [-0.2, -0.15) is 0 Å². The Morgan fingerprint density at radius 1 is 1.22 bits per heavy atom. The lowest BCUT2D eigenvalue weighted by Gasteiger charge is -2.17. The summed E-state index contributed by atoms with van der Waals surface area (Å²) in [5.41, 5.74) is 1.18. The third kappa shape index (κ3) is 2.59. The van der Waals surface area contributed by atoms with E-state index in [2.05, 4.69) is 9.97 Å². The van der Waals surface area contributed by atoms with Gasteiger partial charge in [-0.25, -0.2) is 9.97 Å². The summed E-state index contributed by atoms with van der Waals surface area (Å²) in [6, 6.07) is 5.01. The maximum atomic E-state index is 9.93. The van der Waals surface area contributed by atoms with Crippen LogP contribution in [-0.2, 0) is 0 Å². The quantitative estimate of drug-likeness (QED) is 0.722. The van der Waals surface area contributed by atoms with Crippen molar-refractivity contribution in [2.24, 2.45) is 0 Å². The summed E-state index contributed by atoms with van der Waals surface area (Å²) in [4.78, 5) is 7.90. The van der Waals surface area contributed by atoms with Crippen LogP contribution in [-0.4, -0.2) is 38.0 Å². The summed E-state index contributed by atoms with van der Waals surface area (Å²) in [6.07, 6.45) is -0.617. The summed E-state index contributed by atoms with van der Waals surface area (Å²) in [5.74, 6) is 0. The Bertz CT molecular complexity index is 550. The first-order valence-electron chi connectivity index (χ1n) is 5.50. The third-order valence-electron chi connectivity index (χ3n) is 2.74. The topological polar surface area (TPSA) is 86.5 Å². The second-order valence-electron chi connectivity index (χ2n) is 3.97. The maximum Gasteiger partial charge on any atom is 0.140 e. The highest BCUT2D eigenvalue weighted by atomic mass is 35.5. The fourth-order valence-electron chi connectivity index (χ4n) is 1.74. The number of nitrogens with zero attached hydrogens (tertiary/aromatic N) is 2.